The Morgan fingerprint density at radius 2 is 1.66 bits per heavy atom. The number of fused-ring (bicyclic) bond motifs is 1. The quantitative estimate of drug-likeness (QED) is 0.144. The molecule has 8 nitrogen and oxygen atoms in total. The van der Waals surface area contributed by atoms with Crippen molar-refractivity contribution in [1.29, 1.82) is 0 Å². The maximum Gasteiger partial charge on any atom is 0.453 e. The molecule has 1 aromatic heterocycles. The normalized spacial score (nSPS) is 14.0. The summed E-state index contributed by atoms with van der Waals surface area (Å²) >= 11 is 6.05. The fraction of sp³-hybridized carbons (Fsp3) is 0.312. The first-order valence-electron chi connectivity index (χ1n) is 13.8. The van der Waals surface area contributed by atoms with E-state index in [1.165, 1.54) is 62.8 Å². The number of esters is 1. The van der Waals surface area contributed by atoms with Crippen molar-refractivity contribution < 1.29 is 41.3 Å². The lowest BCUT2D eigenvalue weighted by molar-refractivity contribution is -0.154. The van der Waals surface area contributed by atoms with Gasteiger partial charge in [-0.05, 0) is 86.9 Å². The molecule has 0 saturated carbocycles. The number of carbonyl (C=O) groups is 1. The summed E-state index contributed by atoms with van der Waals surface area (Å²) in [7, 11) is 2.87. The minimum Gasteiger partial charge on any atom is -0.493 e. The van der Waals surface area contributed by atoms with Crippen molar-refractivity contribution in [2.45, 2.75) is 38.9 Å². The number of benzene rings is 3. The highest BCUT2D eigenvalue weighted by molar-refractivity contribution is 6.31. The van der Waals surface area contributed by atoms with Crippen LogP contribution in [0.5, 0.6) is 28.7 Å². The van der Waals surface area contributed by atoms with Gasteiger partial charge in [-0.15, -0.1) is 0 Å². The minimum atomic E-state index is -5.08. The highest BCUT2D eigenvalue weighted by Gasteiger charge is 2.41. The summed E-state index contributed by atoms with van der Waals surface area (Å²) in [5.41, 5.74) is -0.567. The van der Waals surface area contributed by atoms with Crippen molar-refractivity contribution in [3.63, 3.8) is 0 Å². The van der Waals surface area contributed by atoms with Crippen molar-refractivity contribution in [1.82, 2.24) is 4.90 Å². The van der Waals surface area contributed by atoms with Gasteiger partial charge in [0.05, 0.1) is 30.7 Å². The van der Waals surface area contributed by atoms with Gasteiger partial charge in [0.1, 0.15) is 17.1 Å². The minimum absolute atomic E-state index is 0.0157. The molecule has 0 atom stereocenters. The Bertz CT molecular complexity index is 1760. The number of halogens is 4. The summed E-state index contributed by atoms with van der Waals surface area (Å²) in [6, 6.07) is 11.3. The Morgan fingerprint density at radius 3 is 2.32 bits per heavy atom. The van der Waals surface area contributed by atoms with Gasteiger partial charge in [-0.3, -0.25) is 9.69 Å². The van der Waals surface area contributed by atoms with Crippen LogP contribution >= 0.6 is 11.6 Å². The Labute approximate surface area is 255 Å². The molecule has 0 amide bonds. The average Bonchev–Trinajstić information content (AvgIpc) is 3.00. The predicted octanol–water partition coefficient (Wildman–Crippen LogP) is 7.79. The van der Waals surface area contributed by atoms with E-state index in [2.05, 4.69) is 0 Å². The Balaban J connectivity index is 1.64. The molecular weight excluding hydrogens is 603 g/mol. The number of piperidine rings is 1. The fourth-order valence-corrected chi connectivity index (χ4v) is 5.18. The van der Waals surface area contributed by atoms with Crippen molar-refractivity contribution in [3.05, 3.63) is 86.2 Å². The third-order valence-corrected chi connectivity index (χ3v) is 7.76. The van der Waals surface area contributed by atoms with Crippen LogP contribution in [0.3, 0.4) is 0 Å². The van der Waals surface area contributed by atoms with E-state index in [9.17, 15) is 22.8 Å². The summed E-state index contributed by atoms with van der Waals surface area (Å²) < 4.78 is 70.4. The molecule has 0 radical (unpaired) electrons. The molecule has 1 aliphatic heterocycles. The monoisotopic (exact) mass is 631 g/mol. The lowest BCUT2D eigenvalue weighted by Crippen LogP contribution is -2.29. The first kappa shape index (κ1) is 31.2. The molecule has 3 aromatic carbocycles. The van der Waals surface area contributed by atoms with Gasteiger partial charge in [0.15, 0.2) is 11.5 Å². The predicted molar refractivity (Wildman–Crippen MR) is 157 cm³/mol. The van der Waals surface area contributed by atoms with Gasteiger partial charge in [0, 0.05) is 11.6 Å². The molecule has 232 valence electrons. The fourth-order valence-electron chi connectivity index (χ4n) is 5.07. The van der Waals surface area contributed by atoms with E-state index in [1.54, 1.807) is 6.92 Å². The third kappa shape index (κ3) is 6.48. The standard InChI is InChI=1S/C32H29ClF3NO7/c1-18-15-20(8-10-23(18)33)42-29-27(38)21-9-12-24(43-31(39)19-7-11-25(40-2)26(16-19)41-3)22(17-37-13-5-4-6-14-37)28(21)44-30(29)32(34,35)36/h7-12,15-16H,4-6,13-14,17H2,1-3H3. The summed E-state index contributed by atoms with van der Waals surface area (Å²) in [4.78, 5) is 28.9. The van der Waals surface area contributed by atoms with Crippen LogP contribution in [-0.4, -0.2) is 38.2 Å². The van der Waals surface area contributed by atoms with E-state index in [-0.39, 0.29) is 40.1 Å². The van der Waals surface area contributed by atoms with Gasteiger partial charge in [-0.2, -0.15) is 13.2 Å². The first-order valence-corrected chi connectivity index (χ1v) is 14.2. The van der Waals surface area contributed by atoms with Crippen molar-refractivity contribution in [2.75, 3.05) is 27.3 Å². The van der Waals surface area contributed by atoms with Crippen LogP contribution in [0, 0.1) is 6.92 Å². The zero-order valence-corrected chi connectivity index (χ0v) is 24.9. The lowest BCUT2D eigenvalue weighted by Gasteiger charge is -2.27. The number of hydrogen-bond acceptors (Lipinski definition) is 8. The molecule has 0 bridgehead atoms. The number of rotatable bonds is 8. The lowest BCUT2D eigenvalue weighted by atomic mass is 10.1. The van der Waals surface area contributed by atoms with E-state index in [4.69, 9.17) is 35.0 Å². The van der Waals surface area contributed by atoms with Crippen molar-refractivity contribution in [3.8, 4) is 28.7 Å². The molecule has 5 rings (SSSR count). The number of aryl methyl sites for hydroxylation is 1. The van der Waals surface area contributed by atoms with E-state index < -0.39 is 29.1 Å². The van der Waals surface area contributed by atoms with Gasteiger partial charge in [-0.1, -0.05) is 18.0 Å². The highest BCUT2D eigenvalue weighted by Crippen LogP contribution is 2.41. The Hall–Kier alpha value is -4.22. The maximum atomic E-state index is 14.4. The van der Waals surface area contributed by atoms with Crippen LogP contribution in [-0.2, 0) is 12.7 Å². The molecule has 0 N–H and O–H groups in total. The molecule has 1 aliphatic rings. The molecule has 2 heterocycles. The van der Waals surface area contributed by atoms with Gasteiger partial charge < -0.3 is 23.4 Å². The zero-order valence-electron chi connectivity index (χ0n) is 24.2. The van der Waals surface area contributed by atoms with Crippen LogP contribution in [0.2, 0.25) is 5.02 Å². The van der Waals surface area contributed by atoms with Crippen LogP contribution in [0.4, 0.5) is 13.2 Å². The molecule has 4 aromatic rings. The summed E-state index contributed by atoms with van der Waals surface area (Å²) in [6.45, 7) is 3.09. The van der Waals surface area contributed by atoms with Gasteiger partial charge in [0.2, 0.25) is 11.2 Å². The van der Waals surface area contributed by atoms with Gasteiger partial charge in [-0.25, -0.2) is 4.79 Å². The highest BCUT2D eigenvalue weighted by atomic mass is 35.5. The van der Waals surface area contributed by atoms with Gasteiger partial charge in [0.25, 0.3) is 5.76 Å². The number of hydrogen-bond donors (Lipinski definition) is 0. The second-order valence-corrected chi connectivity index (χ2v) is 10.7. The molecular formula is C32H29ClF3NO7. The summed E-state index contributed by atoms with van der Waals surface area (Å²) in [6.07, 6.45) is -2.28. The smallest absolute Gasteiger partial charge is 0.453 e. The number of nitrogens with zero attached hydrogens (tertiary/aromatic N) is 1. The molecule has 1 fully saturated rings. The molecule has 0 spiro atoms. The van der Waals surface area contributed by atoms with E-state index in [0.29, 0.717) is 35.2 Å². The first-order chi connectivity index (χ1) is 21.0. The van der Waals surface area contributed by atoms with E-state index in [1.807, 2.05) is 4.90 Å². The van der Waals surface area contributed by atoms with Crippen molar-refractivity contribution >= 4 is 28.5 Å². The number of alkyl halides is 3. The second kappa shape index (κ2) is 12.8. The van der Waals surface area contributed by atoms with Crippen molar-refractivity contribution in [2.24, 2.45) is 0 Å². The largest absolute Gasteiger partial charge is 0.493 e. The third-order valence-electron chi connectivity index (χ3n) is 7.34. The van der Waals surface area contributed by atoms with Crippen LogP contribution < -0.4 is 24.4 Å². The molecule has 44 heavy (non-hydrogen) atoms. The topological polar surface area (TPSA) is 87.4 Å². The van der Waals surface area contributed by atoms with Crippen LogP contribution in [0.25, 0.3) is 11.0 Å². The average molecular weight is 632 g/mol. The summed E-state index contributed by atoms with van der Waals surface area (Å²) in [5.74, 6) is -2.77. The number of methoxy groups -OCH3 is 2. The number of likely N-dealkylation sites (tertiary alicyclic amines) is 1. The molecule has 1 saturated heterocycles. The molecule has 0 unspecified atom stereocenters. The SMILES string of the molecule is COc1ccc(C(=O)Oc2ccc3c(=O)c(Oc4ccc(Cl)c(C)c4)c(C(F)(F)F)oc3c2CN2CCCCC2)cc1OC. The Morgan fingerprint density at radius 1 is 0.955 bits per heavy atom. The maximum absolute atomic E-state index is 14.4. The second-order valence-electron chi connectivity index (χ2n) is 10.3. The Kier molecular flexibility index (Phi) is 9.07. The molecule has 0 aliphatic carbocycles. The molecule has 12 heteroatoms. The van der Waals surface area contributed by atoms with E-state index >= 15 is 0 Å². The van der Waals surface area contributed by atoms with Crippen LogP contribution in [0.1, 0.15) is 46.5 Å². The van der Waals surface area contributed by atoms with E-state index in [0.717, 1.165) is 19.3 Å². The van der Waals surface area contributed by atoms with Crippen LogP contribution in [0.15, 0.2) is 57.7 Å². The van der Waals surface area contributed by atoms with Gasteiger partial charge >= 0.3 is 12.1 Å². The zero-order chi connectivity index (χ0) is 31.6. The number of carbonyl (C=O) groups excluding carboxylic acids is 1. The summed E-state index contributed by atoms with van der Waals surface area (Å²) in [5, 5.41) is 0.230. The number of ether oxygens (including phenoxy) is 4.